The van der Waals surface area contributed by atoms with Gasteiger partial charge >= 0.3 is 0 Å². The molecule has 6 nitrogen and oxygen atoms in total. The first kappa shape index (κ1) is 17.1. The monoisotopic (exact) mass is 295 g/mol. The zero-order valence-electron chi connectivity index (χ0n) is 13.0. The van der Waals surface area contributed by atoms with Gasteiger partial charge < -0.3 is 25.3 Å². The maximum atomic E-state index is 5.76. The second-order valence-corrected chi connectivity index (χ2v) is 4.33. The molecular formula is C15H25N3O3. The quantitative estimate of drug-likeness (QED) is 0.406. The van der Waals surface area contributed by atoms with E-state index >= 15 is 0 Å². The van der Waals surface area contributed by atoms with Crippen molar-refractivity contribution < 1.29 is 14.2 Å². The summed E-state index contributed by atoms with van der Waals surface area (Å²) in [5.41, 5.74) is 6.90. The minimum absolute atomic E-state index is 0.440. The topological polar surface area (TPSA) is 78.1 Å². The lowest BCUT2D eigenvalue weighted by atomic mass is 10.1. The third-order valence-electron chi connectivity index (χ3n) is 2.89. The molecule has 0 aliphatic heterocycles. The van der Waals surface area contributed by atoms with E-state index in [1.54, 1.807) is 14.2 Å². The Morgan fingerprint density at radius 2 is 2.00 bits per heavy atom. The van der Waals surface area contributed by atoms with Crippen LogP contribution in [0.25, 0.3) is 0 Å². The number of hydrogen-bond acceptors (Lipinski definition) is 4. The Bertz CT molecular complexity index is 450. The second kappa shape index (κ2) is 9.88. The smallest absolute Gasteiger partial charge is 0.188 e. The highest BCUT2D eigenvalue weighted by molar-refractivity contribution is 5.77. The Morgan fingerprint density at radius 1 is 1.24 bits per heavy atom. The molecule has 0 atom stereocenters. The summed E-state index contributed by atoms with van der Waals surface area (Å²) >= 11 is 0. The van der Waals surface area contributed by atoms with Crippen LogP contribution in [0.2, 0.25) is 0 Å². The van der Waals surface area contributed by atoms with Gasteiger partial charge in [-0.25, -0.2) is 0 Å². The van der Waals surface area contributed by atoms with Gasteiger partial charge in [0.05, 0.1) is 27.4 Å². The van der Waals surface area contributed by atoms with E-state index < -0.39 is 0 Å². The van der Waals surface area contributed by atoms with Crippen LogP contribution in [0.1, 0.15) is 12.5 Å². The molecule has 0 amide bonds. The lowest BCUT2D eigenvalue weighted by Gasteiger charge is -2.10. The highest BCUT2D eigenvalue weighted by Gasteiger charge is 2.04. The number of nitrogens with one attached hydrogen (secondary N) is 1. The summed E-state index contributed by atoms with van der Waals surface area (Å²) in [5, 5.41) is 3.07. The number of methoxy groups -OCH3 is 2. The SMILES string of the molecule is CCOCCN=C(N)NCCc1ccc(OC)c(OC)c1. The highest BCUT2D eigenvalue weighted by atomic mass is 16.5. The molecule has 118 valence electrons. The van der Waals surface area contributed by atoms with Gasteiger partial charge in [-0.3, -0.25) is 4.99 Å². The van der Waals surface area contributed by atoms with Crippen molar-refractivity contribution >= 4 is 5.96 Å². The Balaban J connectivity index is 2.38. The van der Waals surface area contributed by atoms with E-state index in [4.69, 9.17) is 19.9 Å². The fraction of sp³-hybridized carbons (Fsp3) is 0.533. The molecule has 1 aromatic rings. The molecule has 6 heteroatoms. The van der Waals surface area contributed by atoms with Crippen molar-refractivity contribution in [1.82, 2.24) is 5.32 Å². The average molecular weight is 295 g/mol. The summed E-state index contributed by atoms with van der Waals surface area (Å²) in [5.74, 6) is 1.90. The first-order valence-electron chi connectivity index (χ1n) is 7.03. The molecule has 0 aliphatic rings. The molecule has 1 aromatic carbocycles. The highest BCUT2D eigenvalue weighted by Crippen LogP contribution is 2.27. The molecule has 0 saturated heterocycles. The first-order valence-corrected chi connectivity index (χ1v) is 7.03. The van der Waals surface area contributed by atoms with Crippen molar-refractivity contribution in [2.45, 2.75) is 13.3 Å². The largest absolute Gasteiger partial charge is 0.493 e. The predicted molar refractivity (Wildman–Crippen MR) is 84.2 cm³/mol. The molecule has 0 aromatic heterocycles. The van der Waals surface area contributed by atoms with Gasteiger partial charge in [0.2, 0.25) is 0 Å². The summed E-state index contributed by atoms with van der Waals surface area (Å²) in [6, 6.07) is 5.86. The van der Waals surface area contributed by atoms with Crippen LogP contribution < -0.4 is 20.5 Å². The molecule has 0 fully saturated rings. The van der Waals surface area contributed by atoms with Crippen LogP contribution >= 0.6 is 0 Å². The van der Waals surface area contributed by atoms with Gasteiger partial charge in [-0.2, -0.15) is 0 Å². The Labute approximate surface area is 126 Å². The van der Waals surface area contributed by atoms with Crippen molar-refractivity contribution in [3.63, 3.8) is 0 Å². The van der Waals surface area contributed by atoms with Crippen molar-refractivity contribution in [2.75, 3.05) is 40.5 Å². The molecule has 0 unspecified atom stereocenters. The molecule has 21 heavy (non-hydrogen) atoms. The van der Waals surface area contributed by atoms with Gasteiger partial charge in [-0.05, 0) is 31.0 Å². The lowest BCUT2D eigenvalue weighted by Crippen LogP contribution is -2.33. The molecule has 0 bridgehead atoms. The molecule has 0 saturated carbocycles. The Hall–Kier alpha value is -1.95. The van der Waals surface area contributed by atoms with E-state index in [1.165, 1.54) is 0 Å². The molecule has 1 rings (SSSR count). The Morgan fingerprint density at radius 3 is 2.67 bits per heavy atom. The van der Waals surface area contributed by atoms with E-state index in [0.717, 1.165) is 23.5 Å². The standard InChI is InChI=1S/C15H25N3O3/c1-4-21-10-9-18-15(16)17-8-7-12-5-6-13(19-2)14(11-12)20-3/h5-6,11H,4,7-10H2,1-3H3,(H3,16,17,18). The van der Waals surface area contributed by atoms with E-state index in [1.807, 2.05) is 25.1 Å². The van der Waals surface area contributed by atoms with E-state index in [0.29, 0.717) is 32.3 Å². The number of benzene rings is 1. The zero-order valence-corrected chi connectivity index (χ0v) is 13.0. The van der Waals surface area contributed by atoms with Crippen LogP contribution in [0.15, 0.2) is 23.2 Å². The third-order valence-corrected chi connectivity index (χ3v) is 2.89. The van der Waals surface area contributed by atoms with Gasteiger partial charge in [-0.15, -0.1) is 0 Å². The first-order chi connectivity index (χ1) is 10.2. The van der Waals surface area contributed by atoms with Crippen molar-refractivity contribution in [1.29, 1.82) is 0 Å². The van der Waals surface area contributed by atoms with Gasteiger partial charge in [-0.1, -0.05) is 6.07 Å². The second-order valence-electron chi connectivity index (χ2n) is 4.33. The van der Waals surface area contributed by atoms with E-state index in [9.17, 15) is 0 Å². The van der Waals surface area contributed by atoms with Gasteiger partial charge in [0, 0.05) is 13.2 Å². The van der Waals surface area contributed by atoms with E-state index in [2.05, 4.69) is 10.3 Å². The van der Waals surface area contributed by atoms with Crippen molar-refractivity contribution in [2.24, 2.45) is 10.7 Å². The normalized spacial score (nSPS) is 11.3. The summed E-state index contributed by atoms with van der Waals surface area (Å²) in [7, 11) is 3.25. The number of nitrogens with two attached hydrogens (primary N) is 1. The number of nitrogens with zero attached hydrogens (tertiary/aromatic N) is 1. The van der Waals surface area contributed by atoms with Gasteiger partial charge in [0.1, 0.15) is 0 Å². The predicted octanol–water partition coefficient (Wildman–Crippen LogP) is 1.19. The summed E-state index contributed by atoms with van der Waals surface area (Å²) in [4.78, 5) is 4.17. The van der Waals surface area contributed by atoms with Crippen LogP contribution in [0, 0.1) is 0 Å². The molecule has 0 spiro atoms. The zero-order chi connectivity index (χ0) is 15.5. The average Bonchev–Trinajstić information content (AvgIpc) is 2.51. The van der Waals surface area contributed by atoms with Crippen LogP contribution in [-0.4, -0.2) is 46.5 Å². The summed E-state index contributed by atoms with van der Waals surface area (Å²) < 4.78 is 15.7. The minimum Gasteiger partial charge on any atom is -0.493 e. The van der Waals surface area contributed by atoms with E-state index in [-0.39, 0.29) is 0 Å². The maximum Gasteiger partial charge on any atom is 0.188 e. The van der Waals surface area contributed by atoms with Crippen LogP contribution in [0.3, 0.4) is 0 Å². The number of ether oxygens (including phenoxy) is 3. The number of aliphatic imine (C=N–C) groups is 1. The maximum absolute atomic E-state index is 5.76. The Kier molecular flexibility index (Phi) is 8.04. The molecule has 3 N–H and O–H groups in total. The molecule has 0 heterocycles. The lowest BCUT2D eigenvalue weighted by molar-refractivity contribution is 0.155. The van der Waals surface area contributed by atoms with Gasteiger partial charge in [0.25, 0.3) is 0 Å². The number of guanidine groups is 1. The molecule has 0 aliphatic carbocycles. The van der Waals surface area contributed by atoms with Gasteiger partial charge in [0.15, 0.2) is 17.5 Å². The van der Waals surface area contributed by atoms with Crippen LogP contribution in [-0.2, 0) is 11.2 Å². The van der Waals surface area contributed by atoms with Crippen molar-refractivity contribution in [3.8, 4) is 11.5 Å². The summed E-state index contributed by atoms with van der Waals surface area (Å²) in [6.45, 7) is 4.52. The summed E-state index contributed by atoms with van der Waals surface area (Å²) in [6.07, 6.45) is 0.821. The minimum atomic E-state index is 0.440. The van der Waals surface area contributed by atoms with Crippen molar-refractivity contribution in [3.05, 3.63) is 23.8 Å². The molecule has 0 radical (unpaired) electrons. The fourth-order valence-electron chi connectivity index (χ4n) is 1.80. The number of rotatable bonds is 9. The van der Waals surface area contributed by atoms with Crippen LogP contribution in [0.5, 0.6) is 11.5 Å². The number of hydrogen-bond donors (Lipinski definition) is 2. The van der Waals surface area contributed by atoms with Crippen LogP contribution in [0.4, 0.5) is 0 Å². The third kappa shape index (κ3) is 6.35. The fourth-order valence-corrected chi connectivity index (χ4v) is 1.80. The molecular weight excluding hydrogens is 270 g/mol.